The third-order valence-electron chi connectivity index (χ3n) is 3.11. The van der Waals surface area contributed by atoms with Gasteiger partial charge < -0.3 is 9.51 Å². The first-order chi connectivity index (χ1) is 10.1. The molecule has 2 aromatic heterocycles. The molecular weight excluding hydrogens is 288 g/mol. The van der Waals surface area contributed by atoms with E-state index in [2.05, 4.69) is 10.1 Å². The van der Waals surface area contributed by atoms with Gasteiger partial charge in [-0.15, -0.1) is 0 Å². The first-order valence-corrected chi connectivity index (χ1v) is 7.20. The number of H-pyrrole nitrogens is 1. The van der Waals surface area contributed by atoms with E-state index < -0.39 is 0 Å². The highest BCUT2D eigenvalue weighted by molar-refractivity contribution is 6.35. The van der Waals surface area contributed by atoms with E-state index in [9.17, 15) is 4.79 Å². The maximum absolute atomic E-state index is 11.4. The Bertz CT molecular complexity index is 814. The fraction of sp³-hybridized carbons (Fsp3) is 0.250. The van der Waals surface area contributed by atoms with Crippen LogP contribution < -0.4 is 5.56 Å². The Balaban J connectivity index is 0.000000774. The summed E-state index contributed by atoms with van der Waals surface area (Å²) in [5.74, 6) is 0.761. The Morgan fingerprint density at radius 2 is 1.90 bits per heavy atom. The molecule has 5 heteroatoms. The minimum atomic E-state index is -0.206. The van der Waals surface area contributed by atoms with Gasteiger partial charge in [0.15, 0.2) is 0 Å². The molecule has 1 aromatic carbocycles. The molecule has 0 aliphatic heterocycles. The minimum absolute atomic E-state index is 0.206. The summed E-state index contributed by atoms with van der Waals surface area (Å²) in [7, 11) is 0. The van der Waals surface area contributed by atoms with Crippen molar-refractivity contribution in [2.24, 2.45) is 0 Å². The lowest BCUT2D eigenvalue weighted by Crippen LogP contribution is -2.03. The van der Waals surface area contributed by atoms with Crippen LogP contribution in [0.3, 0.4) is 0 Å². The van der Waals surface area contributed by atoms with Crippen LogP contribution in [0.5, 0.6) is 0 Å². The molecule has 0 spiro atoms. The summed E-state index contributed by atoms with van der Waals surface area (Å²) in [6, 6.07) is 7.06. The molecule has 3 rings (SSSR count). The maximum Gasteiger partial charge on any atom is 0.249 e. The first-order valence-electron chi connectivity index (χ1n) is 6.82. The smallest absolute Gasteiger partial charge is 0.249 e. The van der Waals surface area contributed by atoms with E-state index in [-0.39, 0.29) is 5.56 Å². The SMILES string of the molecule is CC.Cc1noc(C)c1-c1ccc2[nH]c(=O)cc(Cl)c2c1. The maximum atomic E-state index is 11.4. The van der Waals surface area contributed by atoms with Crippen LogP contribution in [0.4, 0.5) is 0 Å². The van der Waals surface area contributed by atoms with Crippen molar-refractivity contribution in [1.29, 1.82) is 0 Å². The number of fused-ring (bicyclic) bond motifs is 1. The molecule has 0 fully saturated rings. The van der Waals surface area contributed by atoms with Gasteiger partial charge in [-0.25, -0.2) is 0 Å². The molecule has 0 aliphatic carbocycles. The monoisotopic (exact) mass is 304 g/mol. The van der Waals surface area contributed by atoms with Crippen LogP contribution in [0.25, 0.3) is 22.0 Å². The lowest BCUT2D eigenvalue weighted by Gasteiger charge is -2.04. The van der Waals surface area contributed by atoms with Crippen LogP contribution >= 0.6 is 11.6 Å². The molecule has 0 aliphatic rings. The average molecular weight is 305 g/mol. The number of aromatic nitrogens is 2. The van der Waals surface area contributed by atoms with Gasteiger partial charge in [-0.1, -0.05) is 36.7 Å². The molecule has 0 atom stereocenters. The van der Waals surface area contributed by atoms with Gasteiger partial charge in [0.2, 0.25) is 5.56 Å². The molecule has 0 saturated carbocycles. The van der Waals surface area contributed by atoms with Crippen molar-refractivity contribution in [3.05, 3.63) is 51.1 Å². The highest BCUT2D eigenvalue weighted by atomic mass is 35.5. The number of hydrogen-bond donors (Lipinski definition) is 1. The molecule has 0 radical (unpaired) electrons. The predicted molar refractivity (Wildman–Crippen MR) is 85.9 cm³/mol. The molecule has 0 bridgehead atoms. The predicted octanol–water partition coefficient (Wildman–Crippen LogP) is 4.48. The van der Waals surface area contributed by atoms with Crippen molar-refractivity contribution in [2.75, 3.05) is 0 Å². The second-order valence-corrected chi connectivity index (χ2v) is 4.85. The largest absolute Gasteiger partial charge is 0.361 e. The lowest BCUT2D eigenvalue weighted by atomic mass is 10.0. The van der Waals surface area contributed by atoms with Gasteiger partial charge >= 0.3 is 0 Å². The number of halogens is 1. The number of aromatic amines is 1. The summed E-state index contributed by atoms with van der Waals surface area (Å²) in [6.45, 7) is 7.76. The van der Waals surface area contributed by atoms with Crippen LogP contribution in [-0.2, 0) is 0 Å². The van der Waals surface area contributed by atoms with Crippen molar-refractivity contribution < 1.29 is 4.52 Å². The molecule has 1 N–H and O–H groups in total. The molecule has 0 unspecified atom stereocenters. The van der Waals surface area contributed by atoms with Gasteiger partial charge in [0.05, 0.1) is 10.7 Å². The lowest BCUT2D eigenvalue weighted by molar-refractivity contribution is 0.393. The third kappa shape index (κ3) is 2.85. The highest BCUT2D eigenvalue weighted by Gasteiger charge is 2.12. The fourth-order valence-electron chi connectivity index (χ4n) is 2.26. The van der Waals surface area contributed by atoms with Crippen LogP contribution in [0.1, 0.15) is 25.3 Å². The van der Waals surface area contributed by atoms with Crippen molar-refractivity contribution in [2.45, 2.75) is 27.7 Å². The topological polar surface area (TPSA) is 58.9 Å². The third-order valence-corrected chi connectivity index (χ3v) is 3.43. The molecule has 110 valence electrons. The molecule has 3 aromatic rings. The molecule has 21 heavy (non-hydrogen) atoms. The Hall–Kier alpha value is -2.07. The van der Waals surface area contributed by atoms with Crippen molar-refractivity contribution in [1.82, 2.24) is 10.1 Å². The van der Waals surface area contributed by atoms with Gasteiger partial charge in [-0.3, -0.25) is 4.79 Å². The molecule has 2 heterocycles. The summed E-state index contributed by atoms with van der Waals surface area (Å²) in [4.78, 5) is 14.1. The number of pyridine rings is 1. The van der Waals surface area contributed by atoms with Crippen LogP contribution in [0.15, 0.2) is 33.6 Å². The van der Waals surface area contributed by atoms with Gasteiger partial charge in [0, 0.05) is 22.5 Å². The quantitative estimate of drug-likeness (QED) is 0.721. The first kappa shape index (κ1) is 15.3. The van der Waals surface area contributed by atoms with Crippen molar-refractivity contribution >= 4 is 22.5 Å². The Kier molecular flexibility index (Phi) is 4.48. The normalized spacial score (nSPS) is 10.3. The Morgan fingerprint density at radius 1 is 1.19 bits per heavy atom. The summed E-state index contributed by atoms with van der Waals surface area (Å²) in [5.41, 5.74) is 3.27. The van der Waals surface area contributed by atoms with Crippen LogP contribution in [0, 0.1) is 13.8 Å². The number of nitrogens with one attached hydrogen (secondary N) is 1. The number of aryl methyl sites for hydroxylation is 2. The van der Waals surface area contributed by atoms with Crippen LogP contribution in [0.2, 0.25) is 5.02 Å². The van der Waals surface area contributed by atoms with E-state index in [4.69, 9.17) is 16.1 Å². The Labute approximate surface area is 127 Å². The summed E-state index contributed by atoms with van der Waals surface area (Å²) < 4.78 is 5.17. The zero-order valence-electron chi connectivity index (χ0n) is 12.5. The number of nitrogens with zero attached hydrogens (tertiary/aromatic N) is 1. The molecule has 0 saturated heterocycles. The Morgan fingerprint density at radius 3 is 2.52 bits per heavy atom. The van der Waals surface area contributed by atoms with E-state index in [0.717, 1.165) is 28.0 Å². The van der Waals surface area contributed by atoms with E-state index >= 15 is 0 Å². The molecule has 4 nitrogen and oxygen atoms in total. The second kappa shape index (κ2) is 6.14. The van der Waals surface area contributed by atoms with Crippen LogP contribution in [-0.4, -0.2) is 10.1 Å². The highest BCUT2D eigenvalue weighted by Crippen LogP contribution is 2.30. The standard InChI is InChI=1S/C14H11ClN2O2.C2H6/c1-7-14(8(2)19-17-7)9-3-4-12-10(5-9)11(15)6-13(18)16-12;1-2/h3-6H,1-2H3,(H,16,18);1-2H3. The van der Waals surface area contributed by atoms with E-state index in [1.807, 2.05) is 45.9 Å². The second-order valence-electron chi connectivity index (χ2n) is 4.44. The summed E-state index contributed by atoms with van der Waals surface area (Å²) in [5, 5.41) is 5.19. The number of benzene rings is 1. The molecular formula is C16H17ClN2O2. The fourth-order valence-corrected chi connectivity index (χ4v) is 2.52. The van der Waals surface area contributed by atoms with Gasteiger partial charge in [-0.05, 0) is 31.5 Å². The van der Waals surface area contributed by atoms with Gasteiger partial charge in [-0.2, -0.15) is 0 Å². The zero-order valence-corrected chi connectivity index (χ0v) is 13.2. The zero-order chi connectivity index (χ0) is 15.6. The van der Waals surface area contributed by atoms with Crippen molar-refractivity contribution in [3.8, 4) is 11.1 Å². The number of hydrogen-bond acceptors (Lipinski definition) is 3. The van der Waals surface area contributed by atoms with Gasteiger partial charge in [0.25, 0.3) is 0 Å². The summed E-state index contributed by atoms with van der Waals surface area (Å²) in [6.07, 6.45) is 0. The minimum Gasteiger partial charge on any atom is -0.361 e. The van der Waals surface area contributed by atoms with E-state index in [1.54, 1.807) is 0 Å². The van der Waals surface area contributed by atoms with E-state index in [1.165, 1.54) is 6.07 Å². The number of rotatable bonds is 1. The van der Waals surface area contributed by atoms with E-state index in [0.29, 0.717) is 10.5 Å². The van der Waals surface area contributed by atoms with Crippen molar-refractivity contribution in [3.63, 3.8) is 0 Å². The molecule has 0 amide bonds. The summed E-state index contributed by atoms with van der Waals surface area (Å²) >= 11 is 6.12. The average Bonchev–Trinajstić information content (AvgIpc) is 2.80. The van der Waals surface area contributed by atoms with Gasteiger partial charge in [0.1, 0.15) is 5.76 Å².